The van der Waals surface area contributed by atoms with E-state index >= 15 is 0 Å². The first-order chi connectivity index (χ1) is 24.8. The number of urea groups is 1. The monoisotopic (exact) mass is 851 g/mol. The van der Waals surface area contributed by atoms with Crippen molar-refractivity contribution >= 4 is 81.1 Å². The summed E-state index contributed by atoms with van der Waals surface area (Å²) in [6.45, 7) is -5.99. The molecule has 0 saturated carbocycles. The quantitative estimate of drug-likeness (QED) is 0.0483. The van der Waals surface area contributed by atoms with Gasteiger partial charge in [-0.15, -0.1) is 0 Å². The van der Waals surface area contributed by atoms with Crippen LogP contribution in [-0.2, 0) is 48.4 Å². The van der Waals surface area contributed by atoms with Gasteiger partial charge in [-0.25, -0.2) is 28.0 Å². The zero-order valence-corrected chi connectivity index (χ0v) is 31.4. The highest BCUT2D eigenvalue weighted by Crippen LogP contribution is 2.66. The number of fused-ring (bicyclic) bond motifs is 2. The van der Waals surface area contributed by atoms with E-state index in [9.17, 15) is 43.2 Å². The molecule has 3 saturated heterocycles. The zero-order valence-electron chi connectivity index (χ0n) is 27.1. The highest BCUT2D eigenvalue weighted by atomic mass is 32.5. The number of nitrogens with two attached hydrogens (primary N) is 1. The first kappa shape index (κ1) is 41.4. The van der Waals surface area contributed by atoms with Gasteiger partial charge in [0, 0.05) is 30.5 Å². The molecule has 0 aliphatic carbocycles. The molecule has 5 rings (SSSR count). The minimum atomic E-state index is -5.65. The summed E-state index contributed by atoms with van der Waals surface area (Å²) in [5, 5.41) is 22.2. The molecule has 0 spiro atoms. The molecular formula is C23H36N9O16P3S2. The van der Waals surface area contributed by atoms with E-state index in [0.717, 1.165) is 29.5 Å². The fraction of sp³-hybridized carbons (Fsp3) is 0.652. The molecule has 3 aliphatic heterocycles. The lowest BCUT2D eigenvalue weighted by Gasteiger charge is -2.22. The summed E-state index contributed by atoms with van der Waals surface area (Å²) >= 11 is 5.82. The van der Waals surface area contributed by atoms with Crippen LogP contribution in [0.4, 0.5) is 15.5 Å². The Morgan fingerprint density at radius 3 is 2.58 bits per heavy atom. The number of carbonyl (C=O) groups excluding carboxylic acids is 3. The number of hydrogen-bond acceptors (Lipinski definition) is 17. The van der Waals surface area contributed by atoms with Gasteiger partial charge < -0.3 is 61.2 Å². The van der Waals surface area contributed by atoms with Gasteiger partial charge >= 0.3 is 34.5 Å². The number of anilines is 1. The van der Waals surface area contributed by atoms with Crippen molar-refractivity contribution in [2.24, 2.45) is 0 Å². The third kappa shape index (κ3) is 11.2. The molecule has 3 aliphatic rings. The number of H-pyrrole nitrogens is 1. The third-order valence-electron chi connectivity index (χ3n) is 7.90. The molecule has 2 aromatic heterocycles. The number of hydrogen-bond donors (Lipinski definition) is 11. The van der Waals surface area contributed by atoms with E-state index in [4.69, 9.17) is 25.0 Å². The summed E-state index contributed by atoms with van der Waals surface area (Å²) < 4.78 is 48.8. The number of carbonyl (C=O) groups is 3. The second-order valence-electron chi connectivity index (χ2n) is 11.7. The van der Waals surface area contributed by atoms with Crippen LogP contribution in [-0.4, -0.2) is 123 Å². The van der Waals surface area contributed by atoms with Gasteiger partial charge in [0.1, 0.15) is 12.2 Å². The average Bonchev–Trinajstić information content (AvgIpc) is 3.78. The Morgan fingerprint density at radius 2 is 1.85 bits per heavy atom. The summed E-state index contributed by atoms with van der Waals surface area (Å²) in [5.74, 6) is 0.260. The standard InChI is InChI=1S/C23H36N9O16P3S2/c24-21-30-18-15(19(35)31-21)27-9-32(18)20-17(16(34)11(45-20)7-44-49(38,39)47-50(40,41)48-51(42,43)52)46-23(37)26-6-5-25-13(33)4-2-1-3-12-14-10(8-53-12)28-22(36)29-14/h9-12,14,16-17,20,34H,1-8H2,(H,25,33)(H,26,37)(H,38,39)(H,40,41)(H2,28,29,36)(H2,42,43,52)(H3,24,30,31,35)/t10-,11+,12-,14-,16+,17+,20+/m0/s1. The van der Waals surface area contributed by atoms with E-state index in [-0.39, 0.29) is 65.9 Å². The maximum absolute atomic E-state index is 12.8. The number of rotatable bonds is 17. The van der Waals surface area contributed by atoms with E-state index < -0.39 is 65.2 Å². The maximum atomic E-state index is 12.8. The minimum Gasteiger partial charge on any atom is -0.439 e. The zero-order chi connectivity index (χ0) is 38.7. The molecule has 5 heterocycles. The van der Waals surface area contributed by atoms with E-state index in [1.807, 2.05) is 0 Å². The molecule has 2 aromatic rings. The Balaban J connectivity index is 1.13. The first-order valence-corrected chi connectivity index (χ1v) is 22.2. The molecule has 2 unspecified atom stereocenters. The highest BCUT2D eigenvalue weighted by Gasteiger charge is 2.50. The van der Waals surface area contributed by atoms with E-state index in [2.05, 4.69) is 61.2 Å². The SMILES string of the molecule is Nc1nc2c(ncn2[C@@H]2O[C@H](COP(=O)(O)OP(=O)(O)OP(O)(O)=S)[C@@H](O)[C@H]2OC(=O)NCCNC(=O)CCCC[C@@H]2SC[C@@H]3NC(=O)N[C@@H]32)c(=O)[nH]1. The van der Waals surface area contributed by atoms with Gasteiger partial charge in [-0.05, 0) is 24.6 Å². The molecule has 12 N–H and O–H groups in total. The first-order valence-electron chi connectivity index (χ1n) is 15.5. The summed E-state index contributed by atoms with van der Waals surface area (Å²) in [7, 11) is -11.2. The number of imidazole rings is 1. The lowest BCUT2D eigenvalue weighted by atomic mass is 10.0. The van der Waals surface area contributed by atoms with Crippen LogP contribution in [0.2, 0.25) is 0 Å². The molecular weight excluding hydrogens is 815 g/mol. The van der Waals surface area contributed by atoms with Crippen LogP contribution in [0.25, 0.3) is 11.2 Å². The van der Waals surface area contributed by atoms with Gasteiger partial charge in [-0.1, -0.05) is 6.42 Å². The number of aromatic nitrogens is 4. The van der Waals surface area contributed by atoms with Crippen molar-refractivity contribution < 1.29 is 70.8 Å². The third-order valence-corrected chi connectivity index (χ3v) is 13.8. The number of nitrogens with one attached hydrogen (secondary N) is 5. The number of aliphatic hydroxyl groups excluding tert-OH is 1. The molecule has 30 heteroatoms. The fourth-order valence-corrected chi connectivity index (χ4v) is 11.0. The predicted molar refractivity (Wildman–Crippen MR) is 184 cm³/mol. The molecule has 0 radical (unpaired) electrons. The molecule has 53 heavy (non-hydrogen) atoms. The van der Waals surface area contributed by atoms with Gasteiger partial charge in [0.05, 0.1) is 25.0 Å². The summed E-state index contributed by atoms with van der Waals surface area (Å²) in [6.07, 6.45) is -4.25. The van der Waals surface area contributed by atoms with Crippen LogP contribution in [0, 0.1) is 0 Å². The maximum Gasteiger partial charge on any atom is 0.488 e. The lowest BCUT2D eigenvalue weighted by Crippen LogP contribution is -2.41. The van der Waals surface area contributed by atoms with Crippen molar-refractivity contribution in [1.82, 2.24) is 40.8 Å². The number of aromatic amines is 1. The molecule has 3 fully saturated rings. The fourth-order valence-electron chi connectivity index (χ4n) is 5.70. The molecule has 296 valence electrons. The normalized spacial score (nSPS) is 27.7. The van der Waals surface area contributed by atoms with Crippen LogP contribution in [0.15, 0.2) is 11.1 Å². The Kier molecular flexibility index (Phi) is 13.3. The van der Waals surface area contributed by atoms with Gasteiger partial charge in [-0.2, -0.15) is 21.1 Å². The number of phosphoric ester groups is 1. The van der Waals surface area contributed by atoms with Crippen molar-refractivity contribution in [3.8, 4) is 0 Å². The van der Waals surface area contributed by atoms with E-state index in [1.165, 1.54) is 0 Å². The Bertz CT molecular complexity index is 1900. The summed E-state index contributed by atoms with van der Waals surface area (Å²) in [5.41, 5.74) is 4.52. The number of aliphatic hydroxyl groups is 1. The summed E-state index contributed by atoms with van der Waals surface area (Å²) in [4.78, 5) is 96.7. The van der Waals surface area contributed by atoms with Crippen LogP contribution in [0.1, 0.15) is 31.9 Å². The van der Waals surface area contributed by atoms with Crippen molar-refractivity contribution in [1.29, 1.82) is 0 Å². The molecule has 4 amide bonds. The topological polar surface area (TPSA) is 370 Å². The molecule has 0 bridgehead atoms. The van der Waals surface area contributed by atoms with Crippen LogP contribution in [0.5, 0.6) is 0 Å². The van der Waals surface area contributed by atoms with Gasteiger partial charge in [-0.3, -0.25) is 23.7 Å². The number of alkyl carbamates (subject to hydrolysis) is 1. The Morgan fingerprint density at radius 1 is 1.11 bits per heavy atom. The second-order valence-corrected chi connectivity index (χ2v) is 18.9. The smallest absolute Gasteiger partial charge is 0.439 e. The highest BCUT2D eigenvalue weighted by molar-refractivity contribution is 8.08. The van der Waals surface area contributed by atoms with Gasteiger partial charge in [0.15, 0.2) is 23.5 Å². The van der Waals surface area contributed by atoms with Crippen LogP contribution >= 0.6 is 34.1 Å². The van der Waals surface area contributed by atoms with Crippen LogP contribution in [0.3, 0.4) is 0 Å². The van der Waals surface area contributed by atoms with Crippen molar-refractivity contribution in [3.63, 3.8) is 0 Å². The van der Waals surface area contributed by atoms with Gasteiger partial charge in [0.25, 0.3) is 5.56 Å². The summed E-state index contributed by atoms with van der Waals surface area (Å²) in [6, 6.07) is 0.0374. The van der Waals surface area contributed by atoms with Crippen molar-refractivity contribution in [2.75, 3.05) is 31.2 Å². The largest absolute Gasteiger partial charge is 0.488 e. The molecule has 9 atom stereocenters. The number of thioether (sulfide) groups is 1. The Hall–Kier alpha value is -2.74. The number of phosphoric acid groups is 2. The van der Waals surface area contributed by atoms with Crippen LogP contribution < -0.4 is 32.6 Å². The van der Waals surface area contributed by atoms with E-state index in [0.29, 0.717) is 6.42 Å². The molecule has 25 nitrogen and oxygen atoms in total. The van der Waals surface area contributed by atoms with Gasteiger partial charge in [0.2, 0.25) is 11.9 Å². The lowest BCUT2D eigenvalue weighted by molar-refractivity contribution is -0.121. The van der Waals surface area contributed by atoms with Crippen molar-refractivity contribution in [3.05, 3.63) is 16.7 Å². The Labute approximate surface area is 307 Å². The number of ether oxygens (including phenoxy) is 2. The predicted octanol–water partition coefficient (Wildman–Crippen LogP) is -1.64. The number of amides is 4. The second kappa shape index (κ2) is 17.0. The number of nitrogen functional groups attached to an aromatic ring is 1. The average molecular weight is 852 g/mol. The molecule has 0 aromatic carbocycles. The number of nitrogens with zero attached hydrogens (tertiary/aromatic N) is 3. The minimum absolute atomic E-state index is 0.0148. The van der Waals surface area contributed by atoms with E-state index in [1.54, 1.807) is 11.8 Å². The number of unbranched alkanes of at least 4 members (excludes halogenated alkanes) is 1. The van der Waals surface area contributed by atoms with Crippen molar-refractivity contribution in [2.45, 2.75) is 67.6 Å².